The predicted molar refractivity (Wildman–Crippen MR) is 61.8 cm³/mol. The van der Waals surface area contributed by atoms with Gasteiger partial charge >= 0.3 is 0 Å². The molecule has 88 valence electrons. The van der Waals surface area contributed by atoms with Crippen LogP contribution < -0.4 is 5.32 Å². The molecule has 1 aromatic heterocycles. The first kappa shape index (κ1) is 11.3. The lowest BCUT2D eigenvalue weighted by Gasteiger charge is -2.17. The summed E-state index contributed by atoms with van der Waals surface area (Å²) in [5.41, 5.74) is 0. The van der Waals surface area contributed by atoms with E-state index in [9.17, 15) is 8.42 Å². The van der Waals surface area contributed by atoms with E-state index >= 15 is 0 Å². The molecule has 1 fully saturated rings. The van der Waals surface area contributed by atoms with Gasteiger partial charge in [0, 0.05) is 26.3 Å². The second kappa shape index (κ2) is 4.03. The highest BCUT2D eigenvalue weighted by atomic mass is 32.2. The number of hydrogen-bond donors (Lipinski definition) is 1. The summed E-state index contributed by atoms with van der Waals surface area (Å²) in [5.74, 6) is 0.398. The van der Waals surface area contributed by atoms with Crippen LogP contribution in [0.1, 0.15) is 12.8 Å². The van der Waals surface area contributed by atoms with Crippen LogP contribution in [0.3, 0.4) is 0 Å². The molecular formula is C10H15N3O2S. The van der Waals surface area contributed by atoms with Gasteiger partial charge in [-0.3, -0.25) is 0 Å². The molecule has 0 atom stereocenters. The van der Waals surface area contributed by atoms with E-state index in [0.717, 1.165) is 12.8 Å². The fourth-order valence-corrected chi connectivity index (χ4v) is 3.14. The maximum atomic E-state index is 12.2. The molecule has 0 radical (unpaired) electrons. The van der Waals surface area contributed by atoms with Crippen molar-refractivity contribution < 1.29 is 8.42 Å². The Balaban J connectivity index is 2.41. The number of sulfonamides is 1. The Morgan fingerprint density at radius 2 is 2.19 bits per heavy atom. The highest BCUT2D eigenvalue weighted by Crippen LogP contribution is 2.31. The number of aromatic nitrogens is 1. The molecule has 1 saturated carbocycles. The zero-order valence-corrected chi connectivity index (χ0v) is 10.2. The van der Waals surface area contributed by atoms with E-state index in [1.807, 2.05) is 0 Å². The highest BCUT2D eigenvalue weighted by Gasteiger charge is 2.36. The smallest absolute Gasteiger partial charge is 0.246 e. The summed E-state index contributed by atoms with van der Waals surface area (Å²) in [6.07, 6.45) is 3.47. The maximum absolute atomic E-state index is 12.2. The zero-order chi connectivity index (χ0) is 11.8. The minimum atomic E-state index is -3.41. The van der Waals surface area contributed by atoms with Crippen LogP contribution in [0.4, 0.5) is 5.82 Å². The Morgan fingerprint density at radius 3 is 2.75 bits per heavy atom. The van der Waals surface area contributed by atoms with E-state index < -0.39 is 10.0 Å². The Kier molecular flexibility index (Phi) is 2.86. The van der Waals surface area contributed by atoms with Crippen LogP contribution in [-0.2, 0) is 10.0 Å². The fourth-order valence-electron chi connectivity index (χ4n) is 1.58. The highest BCUT2D eigenvalue weighted by molar-refractivity contribution is 7.89. The first-order valence-electron chi connectivity index (χ1n) is 5.18. The molecule has 0 unspecified atom stereocenters. The molecular weight excluding hydrogens is 226 g/mol. The van der Waals surface area contributed by atoms with Crippen molar-refractivity contribution in [3.05, 3.63) is 18.3 Å². The standard InChI is InChI=1S/C10H15N3O2S/c1-11-10-9(4-3-7-12-10)16(14,15)13(2)8-5-6-8/h3-4,7-8H,5-6H2,1-2H3,(H,11,12). The van der Waals surface area contributed by atoms with E-state index in [1.165, 1.54) is 4.31 Å². The third-order valence-corrected chi connectivity index (χ3v) is 4.67. The molecule has 1 N–H and O–H groups in total. The van der Waals surface area contributed by atoms with Crippen molar-refractivity contribution in [1.82, 2.24) is 9.29 Å². The van der Waals surface area contributed by atoms with Gasteiger partial charge in [0.05, 0.1) is 0 Å². The lowest BCUT2D eigenvalue weighted by Crippen LogP contribution is -2.29. The predicted octanol–water partition coefficient (Wildman–Crippen LogP) is 0.906. The normalized spacial score (nSPS) is 16.4. The van der Waals surface area contributed by atoms with Gasteiger partial charge in [-0.1, -0.05) is 0 Å². The Morgan fingerprint density at radius 1 is 1.50 bits per heavy atom. The van der Waals surface area contributed by atoms with Crippen LogP contribution in [0, 0.1) is 0 Å². The van der Waals surface area contributed by atoms with Crippen molar-refractivity contribution >= 4 is 15.8 Å². The third kappa shape index (κ3) is 1.90. The molecule has 16 heavy (non-hydrogen) atoms. The molecule has 0 spiro atoms. The van der Waals surface area contributed by atoms with Crippen molar-refractivity contribution in [1.29, 1.82) is 0 Å². The largest absolute Gasteiger partial charge is 0.372 e. The Bertz CT molecular complexity index is 483. The van der Waals surface area contributed by atoms with Crippen LogP contribution in [0.5, 0.6) is 0 Å². The number of hydrogen-bond acceptors (Lipinski definition) is 4. The zero-order valence-electron chi connectivity index (χ0n) is 9.34. The number of rotatable bonds is 4. The topological polar surface area (TPSA) is 62.3 Å². The summed E-state index contributed by atoms with van der Waals surface area (Å²) < 4.78 is 25.9. The lowest BCUT2D eigenvalue weighted by atomic mass is 10.5. The minimum absolute atomic E-state index is 0.162. The number of nitrogens with one attached hydrogen (secondary N) is 1. The Hall–Kier alpha value is -1.14. The van der Waals surface area contributed by atoms with Crippen LogP contribution >= 0.6 is 0 Å². The first-order valence-corrected chi connectivity index (χ1v) is 6.62. The molecule has 0 aromatic carbocycles. The van der Waals surface area contributed by atoms with Gasteiger partial charge in [0.1, 0.15) is 10.7 Å². The van der Waals surface area contributed by atoms with Crippen molar-refractivity contribution in [2.75, 3.05) is 19.4 Å². The summed E-state index contributed by atoms with van der Waals surface area (Å²) in [7, 11) is -0.121. The molecule has 1 aromatic rings. The Labute approximate surface area is 95.5 Å². The minimum Gasteiger partial charge on any atom is -0.372 e. The van der Waals surface area contributed by atoms with Crippen LogP contribution in [0.25, 0.3) is 0 Å². The van der Waals surface area contributed by atoms with Crippen molar-refractivity contribution in [3.8, 4) is 0 Å². The number of nitrogens with zero attached hydrogens (tertiary/aromatic N) is 2. The maximum Gasteiger partial charge on any atom is 0.246 e. The van der Waals surface area contributed by atoms with Gasteiger partial charge < -0.3 is 5.32 Å². The molecule has 0 aliphatic heterocycles. The van der Waals surface area contributed by atoms with Gasteiger partial charge in [0.15, 0.2) is 0 Å². The summed E-state index contributed by atoms with van der Waals surface area (Å²) in [6, 6.07) is 3.37. The molecule has 5 nitrogen and oxygen atoms in total. The average Bonchev–Trinajstić information content (AvgIpc) is 3.11. The van der Waals surface area contributed by atoms with Crippen LogP contribution in [-0.4, -0.2) is 37.8 Å². The summed E-state index contributed by atoms with van der Waals surface area (Å²) in [4.78, 5) is 4.25. The second-order valence-corrected chi connectivity index (χ2v) is 5.82. The summed E-state index contributed by atoms with van der Waals surface area (Å²) in [5, 5.41) is 2.80. The molecule has 1 aliphatic rings. The summed E-state index contributed by atoms with van der Waals surface area (Å²) >= 11 is 0. The van der Waals surface area contributed by atoms with E-state index in [0.29, 0.717) is 5.82 Å². The van der Waals surface area contributed by atoms with Gasteiger partial charge in [-0.25, -0.2) is 13.4 Å². The third-order valence-electron chi connectivity index (χ3n) is 2.73. The molecule has 6 heteroatoms. The lowest BCUT2D eigenvalue weighted by molar-refractivity contribution is 0.464. The van der Waals surface area contributed by atoms with E-state index in [4.69, 9.17) is 0 Å². The molecule has 1 heterocycles. The fraction of sp³-hybridized carbons (Fsp3) is 0.500. The summed E-state index contributed by atoms with van der Waals surface area (Å²) in [6.45, 7) is 0. The van der Waals surface area contributed by atoms with Gasteiger partial charge in [-0.15, -0.1) is 0 Å². The van der Waals surface area contributed by atoms with E-state index in [-0.39, 0.29) is 10.9 Å². The van der Waals surface area contributed by atoms with Crippen molar-refractivity contribution in [2.24, 2.45) is 0 Å². The second-order valence-electron chi connectivity index (χ2n) is 3.85. The molecule has 0 amide bonds. The average molecular weight is 241 g/mol. The number of anilines is 1. The van der Waals surface area contributed by atoms with E-state index in [1.54, 1.807) is 32.4 Å². The van der Waals surface area contributed by atoms with Gasteiger partial charge in [0.25, 0.3) is 0 Å². The SMILES string of the molecule is CNc1ncccc1S(=O)(=O)N(C)C1CC1. The van der Waals surface area contributed by atoms with Gasteiger partial charge in [-0.05, 0) is 25.0 Å². The monoisotopic (exact) mass is 241 g/mol. The van der Waals surface area contributed by atoms with Crippen LogP contribution in [0.15, 0.2) is 23.2 Å². The quantitative estimate of drug-likeness (QED) is 0.851. The van der Waals surface area contributed by atoms with Crippen LogP contribution in [0.2, 0.25) is 0 Å². The van der Waals surface area contributed by atoms with Crippen molar-refractivity contribution in [3.63, 3.8) is 0 Å². The molecule has 1 aliphatic carbocycles. The molecule has 2 rings (SSSR count). The first-order chi connectivity index (χ1) is 7.57. The molecule has 0 bridgehead atoms. The van der Waals surface area contributed by atoms with E-state index in [2.05, 4.69) is 10.3 Å². The van der Waals surface area contributed by atoms with Gasteiger partial charge in [0.2, 0.25) is 10.0 Å². The van der Waals surface area contributed by atoms with Crippen molar-refractivity contribution in [2.45, 2.75) is 23.8 Å². The molecule has 0 saturated heterocycles. The van der Waals surface area contributed by atoms with Gasteiger partial charge in [-0.2, -0.15) is 4.31 Å². The number of pyridine rings is 1.